The average Bonchev–Trinajstić information content (AvgIpc) is 2.41. The number of hydrogen-bond acceptors (Lipinski definition) is 3. The van der Waals surface area contributed by atoms with Gasteiger partial charge in [0, 0.05) is 37.9 Å². The van der Waals surface area contributed by atoms with E-state index >= 15 is 0 Å². The van der Waals surface area contributed by atoms with Crippen LogP contribution in [0, 0.1) is 5.92 Å². The lowest BCUT2D eigenvalue weighted by atomic mass is 9.85. The summed E-state index contributed by atoms with van der Waals surface area (Å²) in [5, 5.41) is 3.72. The SMILES string of the molecule is CCCNC1CCN(C2CCOCC2)C(C)C1C. The highest BCUT2D eigenvalue weighted by Gasteiger charge is 2.35. The Labute approximate surface area is 112 Å². The van der Waals surface area contributed by atoms with Crippen molar-refractivity contribution in [3.8, 4) is 0 Å². The highest BCUT2D eigenvalue weighted by molar-refractivity contribution is 4.91. The first kappa shape index (κ1) is 14.3. The van der Waals surface area contributed by atoms with E-state index < -0.39 is 0 Å². The largest absolute Gasteiger partial charge is 0.381 e. The van der Waals surface area contributed by atoms with Crippen molar-refractivity contribution < 1.29 is 4.74 Å². The zero-order valence-corrected chi connectivity index (χ0v) is 12.3. The molecule has 106 valence electrons. The van der Waals surface area contributed by atoms with Crippen LogP contribution < -0.4 is 5.32 Å². The summed E-state index contributed by atoms with van der Waals surface area (Å²) in [6.07, 6.45) is 5.00. The van der Waals surface area contributed by atoms with E-state index in [0.29, 0.717) is 6.04 Å². The predicted octanol–water partition coefficient (Wildman–Crippen LogP) is 2.26. The van der Waals surface area contributed by atoms with E-state index in [1.807, 2.05) is 0 Å². The van der Waals surface area contributed by atoms with E-state index in [1.165, 1.54) is 38.8 Å². The third-order valence-corrected chi connectivity index (χ3v) is 4.93. The Hall–Kier alpha value is -0.120. The number of likely N-dealkylation sites (tertiary alicyclic amines) is 1. The summed E-state index contributed by atoms with van der Waals surface area (Å²) in [5.74, 6) is 0.758. The smallest absolute Gasteiger partial charge is 0.0480 e. The first-order valence-corrected chi connectivity index (χ1v) is 7.81. The monoisotopic (exact) mass is 254 g/mol. The molecule has 3 atom stereocenters. The maximum absolute atomic E-state index is 5.49. The molecule has 0 bridgehead atoms. The lowest BCUT2D eigenvalue weighted by Gasteiger charge is -2.47. The van der Waals surface area contributed by atoms with Gasteiger partial charge < -0.3 is 10.1 Å². The van der Waals surface area contributed by atoms with Crippen LogP contribution in [0.15, 0.2) is 0 Å². The molecule has 3 nitrogen and oxygen atoms in total. The molecular weight excluding hydrogens is 224 g/mol. The molecule has 3 heteroatoms. The third kappa shape index (κ3) is 3.25. The molecule has 1 N–H and O–H groups in total. The van der Waals surface area contributed by atoms with Crippen LogP contribution in [0.25, 0.3) is 0 Å². The Morgan fingerprint density at radius 2 is 1.89 bits per heavy atom. The minimum atomic E-state index is 0.705. The van der Waals surface area contributed by atoms with Gasteiger partial charge in [0.25, 0.3) is 0 Å². The summed E-state index contributed by atoms with van der Waals surface area (Å²) in [7, 11) is 0. The highest BCUT2D eigenvalue weighted by Crippen LogP contribution is 2.28. The van der Waals surface area contributed by atoms with E-state index in [0.717, 1.165) is 31.2 Å². The van der Waals surface area contributed by atoms with Crippen LogP contribution in [0.3, 0.4) is 0 Å². The minimum Gasteiger partial charge on any atom is -0.381 e. The molecule has 2 heterocycles. The maximum atomic E-state index is 5.49. The molecule has 2 saturated heterocycles. The molecule has 2 fully saturated rings. The van der Waals surface area contributed by atoms with Crippen LogP contribution in [0.1, 0.15) is 46.5 Å². The van der Waals surface area contributed by atoms with Gasteiger partial charge in [-0.3, -0.25) is 4.90 Å². The number of rotatable bonds is 4. The summed E-state index contributed by atoms with van der Waals surface area (Å²) in [6.45, 7) is 11.4. The van der Waals surface area contributed by atoms with Gasteiger partial charge in [-0.25, -0.2) is 0 Å². The van der Waals surface area contributed by atoms with Crippen molar-refractivity contribution in [3.05, 3.63) is 0 Å². The van der Waals surface area contributed by atoms with Gasteiger partial charge in [0.1, 0.15) is 0 Å². The molecule has 0 saturated carbocycles. The second kappa shape index (κ2) is 6.88. The van der Waals surface area contributed by atoms with Crippen LogP contribution in [-0.2, 0) is 4.74 Å². The van der Waals surface area contributed by atoms with Crippen molar-refractivity contribution in [1.29, 1.82) is 0 Å². The molecule has 0 radical (unpaired) electrons. The third-order valence-electron chi connectivity index (χ3n) is 4.93. The number of ether oxygens (including phenoxy) is 1. The lowest BCUT2D eigenvalue weighted by Crippen LogP contribution is -2.57. The zero-order chi connectivity index (χ0) is 13.0. The van der Waals surface area contributed by atoms with Gasteiger partial charge >= 0.3 is 0 Å². The predicted molar refractivity (Wildman–Crippen MR) is 75.9 cm³/mol. The quantitative estimate of drug-likeness (QED) is 0.833. The van der Waals surface area contributed by atoms with E-state index in [1.54, 1.807) is 0 Å². The van der Waals surface area contributed by atoms with Gasteiger partial charge in [0.2, 0.25) is 0 Å². The normalized spacial score (nSPS) is 35.8. The van der Waals surface area contributed by atoms with Gasteiger partial charge in [0.15, 0.2) is 0 Å². The van der Waals surface area contributed by atoms with Crippen molar-refractivity contribution >= 4 is 0 Å². The summed E-state index contributed by atoms with van der Waals surface area (Å²) in [6, 6.07) is 2.19. The van der Waals surface area contributed by atoms with Gasteiger partial charge in [0.05, 0.1) is 0 Å². The molecule has 2 aliphatic heterocycles. The molecule has 18 heavy (non-hydrogen) atoms. The van der Waals surface area contributed by atoms with Gasteiger partial charge in [-0.05, 0) is 45.1 Å². The van der Waals surface area contributed by atoms with Crippen molar-refractivity contribution in [3.63, 3.8) is 0 Å². The van der Waals surface area contributed by atoms with E-state index in [2.05, 4.69) is 31.0 Å². The van der Waals surface area contributed by atoms with Crippen LogP contribution in [-0.4, -0.2) is 49.3 Å². The second-order valence-electron chi connectivity index (χ2n) is 6.03. The number of hydrogen-bond donors (Lipinski definition) is 1. The lowest BCUT2D eigenvalue weighted by molar-refractivity contribution is -0.0132. The molecule has 3 unspecified atom stereocenters. The van der Waals surface area contributed by atoms with E-state index in [4.69, 9.17) is 4.74 Å². The molecule has 2 rings (SSSR count). The molecular formula is C15H30N2O. The van der Waals surface area contributed by atoms with Gasteiger partial charge in [-0.2, -0.15) is 0 Å². The number of piperidine rings is 1. The van der Waals surface area contributed by atoms with Crippen LogP contribution in [0.2, 0.25) is 0 Å². The maximum Gasteiger partial charge on any atom is 0.0480 e. The fourth-order valence-corrected chi connectivity index (χ4v) is 3.54. The number of nitrogens with one attached hydrogen (secondary N) is 1. The second-order valence-corrected chi connectivity index (χ2v) is 6.03. The summed E-state index contributed by atoms with van der Waals surface area (Å²) in [4.78, 5) is 2.75. The molecule has 2 aliphatic rings. The molecule has 0 aliphatic carbocycles. The first-order valence-electron chi connectivity index (χ1n) is 7.81. The summed E-state index contributed by atoms with van der Waals surface area (Å²) < 4.78 is 5.49. The van der Waals surface area contributed by atoms with Crippen LogP contribution >= 0.6 is 0 Å². The Morgan fingerprint density at radius 3 is 2.56 bits per heavy atom. The van der Waals surface area contributed by atoms with Crippen LogP contribution in [0.5, 0.6) is 0 Å². The molecule has 0 aromatic carbocycles. The summed E-state index contributed by atoms with van der Waals surface area (Å²) in [5.41, 5.74) is 0. The molecule has 0 aromatic rings. The highest BCUT2D eigenvalue weighted by atomic mass is 16.5. The Kier molecular flexibility index (Phi) is 5.46. The van der Waals surface area contributed by atoms with Crippen molar-refractivity contribution in [1.82, 2.24) is 10.2 Å². The Morgan fingerprint density at radius 1 is 1.17 bits per heavy atom. The van der Waals surface area contributed by atoms with E-state index in [9.17, 15) is 0 Å². The zero-order valence-electron chi connectivity index (χ0n) is 12.3. The van der Waals surface area contributed by atoms with Crippen molar-refractivity contribution in [2.45, 2.75) is 64.6 Å². The van der Waals surface area contributed by atoms with Crippen LogP contribution in [0.4, 0.5) is 0 Å². The van der Waals surface area contributed by atoms with Crippen molar-refractivity contribution in [2.75, 3.05) is 26.3 Å². The topological polar surface area (TPSA) is 24.5 Å². The number of nitrogens with zero attached hydrogens (tertiary/aromatic N) is 1. The Bertz CT molecular complexity index is 241. The van der Waals surface area contributed by atoms with Gasteiger partial charge in [-0.15, -0.1) is 0 Å². The summed E-state index contributed by atoms with van der Waals surface area (Å²) >= 11 is 0. The first-order chi connectivity index (χ1) is 8.74. The fraction of sp³-hybridized carbons (Fsp3) is 1.00. The molecule has 0 aromatic heterocycles. The van der Waals surface area contributed by atoms with Gasteiger partial charge in [-0.1, -0.05) is 13.8 Å². The standard InChI is InChI=1S/C15H30N2O/c1-4-8-16-15-5-9-17(13(3)12(15)2)14-6-10-18-11-7-14/h12-16H,4-11H2,1-3H3. The molecule has 0 amide bonds. The Balaban J connectivity index is 1.88. The molecule has 0 spiro atoms. The fourth-order valence-electron chi connectivity index (χ4n) is 3.54. The van der Waals surface area contributed by atoms with Crippen molar-refractivity contribution in [2.24, 2.45) is 5.92 Å². The minimum absolute atomic E-state index is 0.705. The van der Waals surface area contributed by atoms with E-state index in [-0.39, 0.29) is 0 Å². The average molecular weight is 254 g/mol.